The molecule has 0 radical (unpaired) electrons. The van der Waals surface area contributed by atoms with E-state index in [1.807, 2.05) is 13.8 Å². The number of hydrogen-bond acceptors (Lipinski definition) is 4. The predicted octanol–water partition coefficient (Wildman–Crippen LogP) is 4.05. The first-order valence-corrected chi connectivity index (χ1v) is 8.79. The average Bonchev–Trinajstić information content (AvgIpc) is 2.55. The summed E-state index contributed by atoms with van der Waals surface area (Å²) in [6.45, 7) is 4.08. The summed E-state index contributed by atoms with van der Waals surface area (Å²) in [6, 6.07) is 9.24. The molecule has 2 aromatic rings. The van der Waals surface area contributed by atoms with Gasteiger partial charge in [-0.1, -0.05) is 26.0 Å². The second-order valence-electron chi connectivity index (χ2n) is 5.41. The first-order chi connectivity index (χ1) is 11.2. The van der Waals surface area contributed by atoms with E-state index in [1.165, 1.54) is 12.1 Å². The zero-order chi connectivity index (χ0) is 17.9. The quantitative estimate of drug-likeness (QED) is 0.627. The van der Waals surface area contributed by atoms with E-state index in [0.29, 0.717) is 5.92 Å². The number of hydrogen-bond donors (Lipinski definition) is 1. The first kappa shape index (κ1) is 17.9. The third-order valence-corrected chi connectivity index (χ3v) is 5.16. The Morgan fingerprint density at radius 2 is 1.83 bits per heavy atom. The SMILES string of the molecule is CCC(C)c1ccc(S(=O)(=O)Nc2ccc(F)c([N+](=O)[O-])c2)cc1. The van der Waals surface area contributed by atoms with Crippen LogP contribution in [0.1, 0.15) is 31.7 Å². The minimum Gasteiger partial charge on any atom is -0.279 e. The molecule has 0 saturated carbocycles. The van der Waals surface area contributed by atoms with Crippen LogP contribution in [-0.2, 0) is 10.0 Å². The molecule has 24 heavy (non-hydrogen) atoms. The van der Waals surface area contributed by atoms with Gasteiger partial charge in [0.1, 0.15) is 0 Å². The van der Waals surface area contributed by atoms with E-state index in [0.717, 1.165) is 30.2 Å². The van der Waals surface area contributed by atoms with Gasteiger partial charge in [-0.3, -0.25) is 14.8 Å². The van der Waals surface area contributed by atoms with Gasteiger partial charge in [0.05, 0.1) is 15.5 Å². The molecule has 128 valence electrons. The van der Waals surface area contributed by atoms with Gasteiger partial charge >= 0.3 is 5.69 Å². The molecular weight excluding hydrogens is 335 g/mol. The molecule has 0 aliphatic rings. The monoisotopic (exact) mass is 352 g/mol. The number of nitrogens with one attached hydrogen (secondary N) is 1. The fraction of sp³-hybridized carbons (Fsp3) is 0.250. The molecular formula is C16H17FN2O4S. The molecule has 2 rings (SSSR count). The summed E-state index contributed by atoms with van der Waals surface area (Å²) in [6.07, 6.45) is 0.934. The molecule has 1 atom stereocenters. The van der Waals surface area contributed by atoms with Gasteiger partial charge in [0.2, 0.25) is 5.82 Å². The largest absolute Gasteiger partial charge is 0.306 e. The molecule has 1 N–H and O–H groups in total. The number of sulfonamides is 1. The van der Waals surface area contributed by atoms with Gasteiger partial charge in [-0.2, -0.15) is 4.39 Å². The topological polar surface area (TPSA) is 89.3 Å². The minimum absolute atomic E-state index is 0.0292. The van der Waals surface area contributed by atoms with Gasteiger partial charge < -0.3 is 0 Å². The fourth-order valence-corrected chi connectivity index (χ4v) is 3.19. The van der Waals surface area contributed by atoms with Crippen molar-refractivity contribution in [2.75, 3.05) is 4.72 Å². The lowest BCUT2D eigenvalue weighted by molar-refractivity contribution is -0.387. The maximum absolute atomic E-state index is 13.3. The predicted molar refractivity (Wildman–Crippen MR) is 89.0 cm³/mol. The number of nitrogens with zero attached hydrogens (tertiary/aromatic N) is 1. The van der Waals surface area contributed by atoms with Gasteiger partial charge in [0.25, 0.3) is 10.0 Å². The number of anilines is 1. The number of rotatable bonds is 6. The van der Waals surface area contributed by atoms with Gasteiger partial charge in [0.15, 0.2) is 0 Å². The number of benzene rings is 2. The van der Waals surface area contributed by atoms with Crippen LogP contribution in [0, 0.1) is 15.9 Å². The average molecular weight is 352 g/mol. The Morgan fingerprint density at radius 3 is 2.38 bits per heavy atom. The first-order valence-electron chi connectivity index (χ1n) is 7.31. The summed E-state index contributed by atoms with van der Waals surface area (Å²) in [5, 5.41) is 10.7. The Hall–Kier alpha value is -2.48. The maximum atomic E-state index is 13.3. The fourth-order valence-electron chi connectivity index (χ4n) is 2.14. The van der Waals surface area contributed by atoms with Crippen molar-refractivity contribution >= 4 is 21.4 Å². The molecule has 0 aromatic heterocycles. The van der Waals surface area contributed by atoms with Crippen molar-refractivity contribution in [2.24, 2.45) is 0 Å². The zero-order valence-corrected chi connectivity index (χ0v) is 14.0. The molecule has 0 aliphatic carbocycles. The summed E-state index contributed by atoms with van der Waals surface area (Å²) in [5.74, 6) is -0.713. The Balaban J connectivity index is 2.28. The second kappa shape index (κ2) is 6.96. The maximum Gasteiger partial charge on any atom is 0.306 e. The van der Waals surface area contributed by atoms with Crippen molar-refractivity contribution in [3.63, 3.8) is 0 Å². The lowest BCUT2D eigenvalue weighted by Gasteiger charge is -2.11. The molecule has 0 fully saturated rings. The molecule has 6 nitrogen and oxygen atoms in total. The summed E-state index contributed by atoms with van der Waals surface area (Å²) in [4.78, 5) is 9.85. The molecule has 8 heteroatoms. The Morgan fingerprint density at radius 1 is 1.21 bits per heavy atom. The van der Waals surface area contributed by atoms with Crippen molar-refractivity contribution in [2.45, 2.75) is 31.1 Å². The lowest BCUT2D eigenvalue weighted by Crippen LogP contribution is -2.13. The van der Waals surface area contributed by atoms with E-state index in [4.69, 9.17) is 0 Å². The highest BCUT2D eigenvalue weighted by Crippen LogP contribution is 2.25. The van der Waals surface area contributed by atoms with Crippen molar-refractivity contribution in [1.82, 2.24) is 0 Å². The normalized spacial score (nSPS) is 12.6. The molecule has 0 amide bonds. The van der Waals surface area contributed by atoms with E-state index in [9.17, 15) is 22.9 Å². The number of halogens is 1. The van der Waals surface area contributed by atoms with Crippen molar-refractivity contribution in [1.29, 1.82) is 0 Å². The van der Waals surface area contributed by atoms with Crippen LogP contribution in [0.15, 0.2) is 47.4 Å². The second-order valence-corrected chi connectivity index (χ2v) is 7.09. The van der Waals surface area contributed by atoms with Gasteiger partial charge in [-0.25, -0.2) is 8.42 Å². The molecule has 2 aromatic carbocycles. The zero-order valence-electron chi connectivity index (χ0n) is 13.2. The Labute approximate surface area is 139 Å². The third kappa shape index (κ3) is 3.88. The Kier molecular flexibility index (Phi) is 5.18. The molecule has 0 heterocycles. The summed E-state index contributed by atoms with van der Waals surface area (Å²) in [5.41, 5.74) is 0.158. The standard InChI is InChI=1S/C16H17FN2O4S/c1-3-11(2)12-4-7-14(8-5-12)24(22,23)18-13-6-9-15(17)16(10-13)19(20)21/h4-11,18H,3H2,1-2H3. The molecule has 0 aliphatic heterocycles. The van der Waals surface area contributed by atoms with Crippen molar-refractivity contribution in [3.05, 3.63) is 64.0 Å². The highest BCUT2D eigenvalue weighted by molar-refractivity contribution is 7.92. The summed E-state index contributed by atoms with van der Waals surface area (Å²) >= 11 is 0. The van der Waals surface area contributed by atoms with E-state index < -0.39 is 26.5 Å². The molecule has 0 spiro atoms. The Bertz CT molecular complexity index is 851. The van der Waals surface area contributed by atoms with Crippen LogP contribution in [-0.4, -0.2) is 13.3 Å². The number of nitro groups is 1. The molecule has 1 unspecified atom stereocenters. The van der Waals surface area contributed by atoms with E-state index in [2.05, 4.69) is 4.72 Å². The van der Waals surface area contributed by atoms with E-state index in [-0.39, 0.29) is 10.6 Å². The van der Waals surface area contributed by atoms with Crippen molar-refractivity contribution in [3.8, 4) is 0 Å². The van der Waals surface area contributed by atoms with Crippen LogP contribution in [0.2, 0.25) is 0 Å². The van der Waals surface area contributed by atoms with Gasteiger partial charge in [-0.15, -0.1) is 0 Å². The van der Waals surface area contributed by atoms with Crippen LogP contribution < -0.4 is 4.72 Å². The number of nitro benzene ring substituents is 1. The highest BCUT2D eigenvalue weighted by atomic mass is 32.2. The van der Waals surface area contributed by atoms with E-state index >= 15 is 0 Å². The van der Waals surface area contributed by atoms with Crippen molar-refractivity contribution < 1.29 is 17.7 Å². The van der Waals surface area contributed by atoms with Gasteiger partial charge in [-0.05, 0) is 42.2 Å². The summed E-state index contributed by atoms with van der Waals surface area (Å²) < 4.78 is 40.2. The molecule has 0 bridgehead atoms. The van der Waals surface area contributed by atoms with Crippen LogP contribution in [0.3, 0.4) is 0 Å². The van der Waals surface area contributed by atoms with Crippen LogP contribution in [0.5, 0.6) is 0 Å². The lowest BCUT2D eigenvalue weighted by atomic mass is 9.99. The van der Waals surface area contributed by atoms with Crippen LogP contribution in [0.4, 0.5) is 15.8 Å². The third-order valence-electron chi connectivity index (χ3n) is 3.77. The van der Waals surface area contributed by atoms with Gasteiger partial charge in [0, 0.05) is 6.07 Å². The highest BCUT2D eigenvalue weighted by Gasteiger charge is 2.19. The van der Waals surface area contributed by atoms with Crippen LogP contribution in [0.25, 0.3) is 0 Å². The molecule has 0 saturated heterocycles. The van der Waals surface area contributed by atoms with Crippen LogP contribution >= 0.6 is 0 Å². The summed E-state index contributed by atoms with van der Waals surface area (Å²) in [7, 11) is -3.91. The van der Waals surface area contributed by atoms with E-state index in [1.54, 1.807) is 12.1 Å². The minimum atomic E-state index is -3.91. The smallest absolute Gasteiger partial charge is 0.279 e.